The molecule has 0 atom stereocenters. The van der Waals surface area contributed by atoms with E-state index in [9.17, 15) is 9.59 Å². The lowest BCUT2D eigenvalue weighted by molar-refractivity contribution is 0.740. The van der Waals surface area contributed by atoms with Crippen molar-refractivity contribution >= 4 is 11.6 Å². The Morgan fingerprint density at radius 3 is 2.82 bits per heavy atom. The molecule has 1 heterocycles. The molecule has 84 valence electrons. The largest absolute Gasteiger partial charge is 0.349 e. The number of nitriles is 1. The molecule has 1 aromatic carbocycles. The summed E-state index contributed by atoms with van der Waals surface area (Å²) in [7, 11) is 0. The van der Waals surface area contributed by atoms with Gasteiger partial charge in [-0.15, -0.1) is 5.10 Å². The van der Waals surface area contributed by atoms with E-state index >= 15 is 0 Å². The van der Waals surface area contributed by atoms with Gasteiger partial charge >= 0.3 is 5.69 Å². The molecule has 0 radical (unpaired) electrons. The second-order valence-electron chi connectivity index (χ2n) is 3.11. The Kier molecular flexibility index (Phi) is 2.77. The highest BCUT2D eigenvalue weighted by Crippen LogP contribution is 2.11. The van der Waals surface area contributed by atoms with Crippen LogP contribution in [-0.2, 0) is 0 Å². The van der Waals surface area contributed by atoms with Crippen LogP contribution in [0.5, 0.6) is 0 Å². The number of nitrogens with zero attached hydrogens (tertiary/aromatic N) is 3. The number of nitrogens with one attached hydrogen (secondary N) is 1. The van der Waals surface area contributed by atoms with E-state index in [0.29, 0.717) is 10.7 Å². The van der Waals surface area contributed by atoms with Gasteiger partial charge in [-0.1, -0.05) is 17.7 Å². The minimum absolute atomic E-state index is 0.371. The van der Waals surface area contributed by atoms with E-state index in [4.69, 9.17) is 16.9 Å². The van der Waals surface area contributed by atoms with Crippen LogP contribution in [0.4, 0.5) is 0 Å². The fourth-order valence-electron chi connectivity index (χ4n) is 1.26. The Morgan fingerprint density at radius 1 is 1.41 bits per heavy atom. The van der Waals surface area contributed by atoms with Crippen LogP contribution in [0.1, 0.15) is 5.69 Å². The summed E-state index contributed by atoms with van der Waals surface area (Å²) in [4.78, 5) is 24.7. The van der Waals surface area contributed by atoms with Crippen molar-refractivity contribution < 1.29 is 0 Å². The standard InChI is InChI=1S/C10H5ClN4O2/c11-6-2-1-3-7(4-6)15-10(17)13-9(16)8(5-12)14-15/h1-4H,(H,13,16,17). The van der Waals surface area contributed by atoms with Crippen LogP contribution in [0.3, 0.4) is 0 Å². The molecular formula is C10H5ClN4O2. The summed E-state index contributed by atoms with van der Waals surface area (Å²) < 4.78 is 0.909. The lowest BCUT2D eigenvalue weighted by Gasteiger charge is -2.03. The summed E-state index contributed by atoms with van der Waals surface area (Å²) in [6.07, 6.45) is 0. The maximum absolute atomic E-state index is 11.5. The molecule has 0 amide bonds. The smallest absolute Gasteiger partial charge is 0.270 e. The average Bonchev–Trinajstić information content (AvgIpc) is 2.29. The molecule has 2 rings (SSSR count). The first kappa shape index (κ1) is 11.1. The number of rotatable bonds is 1. The van der Waals surface area contributed by atoms with Crippen molar-refractivity contribution in [3.63, 3.8) is 0 Å². The highest BCUT2D eigenvalue weighted by molar-refractivity contribution is 6.30. The van der Waals surface area contributed by atoms with Gasteiger partial charge in [0.25, 0.3) is 5.56 Å². The summed E-state index contributed by atoms with van der Waals surface area (Å²) in [5.74, 6) is 0. The maximum Gasteiger partial charge on any atom is 0.349 e. The molecule has 1 N–H and O–H groups in total. The van der Waals surface area contributed by atoms with Crippen LogP contribution in [0.15, 0.2) is 33.9 Å². The van der Waals surface area contributed by atoms with Crippen LogP contribution in [0.25, 0.3) is 5.69 Å². The van der Waals surface area contributed by atoms with Crippen molar-refractivity contribution in [2.24, 2.45) is 0 Å². The van der Waals surface area contributed by atoms with Crippen molar-refractivity contribution in [2.45, 2.75) is 0 Å². The van der Waals surface area contributed by atoms with E-state index in [0.717, 1.165) is 4.68 Å². The quantitative estimate of drug-likeness (QED) is 0.793. The van der Waals surface area contributed by atoms with Gasteiger partial charge in [-0.2, -0.15) is 9.94 Å². The molecule has 0 unspecified atom stereocenters. The molecule has 0 saturated carbocycles. The first-order chi connectivity index (χ1) is 8.11. The number of hydrogen-bond donors (Lipinski definition) is 1. The second kappa shape index (κ2) is 4.23. The Labute approximate surface area is 99.7 Å². The number of aromatic amines is 1. The third-order valence-corrected chi connectivity index (χ3v) is 2.22. The average molecular weight is 249 g/mol. The molecule has 0 aliphatic heterocycles. The molecule has 0 fully saturated rings. The molecular weight excluding hydrogens is 244 g/mol. The van der Waals surface area contributed by atoms with Gasteiger partial charge in [0.05, 0.1) is 5.69 Å². The third-order valence-electron chi connectivity index (χ3n) is 1.99. The van der Waals surface area contributed by atoms with Crippen LogP contribution in [0, 0.1) is 11.3 Å². The zero-order chi connectivity index (χ0) is 12.4. The number of hydrogen-bond acceptors (Lipinski definition) is 4. The third kappa shape index (κ3) is 2.09. The SMILES string of the molecule is N#Cc1nn(-c2cccc(Cl)c2)c(=O)[nH]c1=O. The topological polar surface area (TPSA) is 91.5 Å². The molecule has 0 aliphatic rings. The minimum Gasteiger partial charge on any atom is -0.270 e. The molecule has 2 aromatic rings. The normalized spacial score (nSPS) is 9.88. The van der Waals surface area contributed by atoms with E-state index < -0.39 is 11.2 Å². The highest BCUT2D eigenvalue weighted by Gasteiger charge is 2.07. The molecule has 0 aliphatic carbocycles. The summed E-state index contributed by atoms with van der Waals surface area (Å²) in [5, 5.41) is 12.7. The van der Waals surface area contributed by atoms with E-state index in [1.54, 1.807) is 24.3 Å². The van der Waals surface area contributed by atoms with E-state index in [1.807, 2.05) is 4.98 Å². The highest BCUT2D eigenvalue weighted by atomic mass is 35.5. The van der Waals surface area contributed by atoms with Crippen molar-refractivity contribution in [3.05, 3.63) is 55.8 Å². The molecule has 0 saturated heterocycles. The van der Waals surface area contributed by atoms with Gasteiger partial charge in [0, 0.05) is 5.02 Å². The zero-order valence-electron chi connectivity index (χ0n) is 8.35. The van der Waals surface area contributed by atoms with E-state index in [2.05, 4.69) is 5.10 Å². The molecule has 17 heavy (non-hydrogen) atoms. The van der Waals surface area contributed by atoms with Crippen molar-refractivity contribution in [1.29, 1.82) is 5.26 Å². The Morgan fingerprint density at radius 2 is 2.18 bits per heavy atom. The van der Waals surface area contributed by atoms with Crippen LogP contribution in [-0.4, -0.2) is 14.8 Å². The van der Waals surface area contributed by atoms with Crippen molar-refractivity contribution in [2.75, 3.05) is 0 Å². The van der Waals surface area contributed by atoms with Crippen LogP contribution < -0.4 is 11.2 Å². The zero-order valence-corrected chi connectivity index (χ0v) is 9.10. The summed E-state index contributed by atoms with van der Waals surface area (Å²) in [6, 6.07) is 7.94. The monoisotopic (exact) mass is 248 g/mol. The van der Waals surface area contributed by atoms with Crippen LogP contribution >= 0.6 is 11.6 Å². The lowest BCUT2D eigenvalue weighted by Crippen LogP contribution is -2.33. The van der Waals surface area contributed by atoms with Gasteiger partial charge in [0.1, 0.15) is 6.07 Å². The van der Waals surface area contributed by atoms with Gasteiger partial charge in [-0.05, 0) is 18.2 Å². The van der Waals surface area contributed by atoms with E-state index in [1.165, 1.54) is 6.07 Å². The summed E-state index contributed by atoms with van der Waals surface area (Å²) >= 11 is 5.77. The molecule has 6 nitrogen and oxygen atoms in total. The van der Waals surface area contributed by atoms with E-state index in [-0.39, 0.29) is 5.69 Å². The van der Waals surface area contributed by atoms with Gasteiger partial charge in [-0.25, -0.2) is 4.79 Å². The predicted molar refractivity (Wildman–Crippen MR) is 60.2 cm³/mol. The number of H-pyrrole nitrogens is 1. The van der Waals surface area contributed by atoms with Gasteiger partial charge in [0.15, 0.2) is 0 Å². The summed E-state index contributed by atoms with van der Waals surface area (Å²) in [6.45, 7) is 0. The van der Waals surface area contributed by atoms with Gasteiger partial charge in [-0.3, -0.25) is 9.78 Å². The first-order valence-electron chi connectivity index (χ1n) is 4.51. The van der Waals surface area contributed by atoms with Crippen molar-refractivity contribution in [3.8, 4) is 11.8 Å². The fraction of sp³-hybridized carbons (Fsp3) is 0. The maximum atomic E-state index is 11.5. The van der Waals surface area contributed by atoms with Crippen LogP contribution in [0.2, 0.25) is 5.02 Å². The lowest BCUT2D eigenvalue weighted by atomic mass is 10.3. The fourth-order valence-corrected chi connectivity index (χ4v) is 1.44. The number of halogens is 1. The second-order valence-corrected chi connectivity index (χ2v) is 3.55. The molecule has 7 heteroatoms. The Bertz CT molecular complexity index is 726. The first-order valence-corrected chi connectivity index (χ1v) is 4.89. The van der Waals surface area contributed by atoms with Gasteiger partial charge in [0.2, 0.25) is 5.69 Å². The summed E-state index contributed by atoms with van der Waals surface area (Å²) in [5.41, 5.74) is -1.55. The molecule has 0 spiro atoms. The Balaban J connectivity index is 2.73. The molecule has 1 aromatic heterocycles. The van der Waals surface area contributed by atoms with Crippen molar-refractivity contribution in [1.82, 2.24) is 14.8 Å². The number of aromatic nitrogens is 3. The number of benzene rings is 1. The Hall–Kier alpha value is -2.39. The van der Waals surface area contributed by atoms with Gasteiger partial charge < -0.3 is 0 Å². The molecule has 0 bridgehead atoms. The predicted octanol–water partition coefficient (Wildman–Crippen LogP) is 0.446. The minimum atomic E-state index is -0.809.